The van der Waals surface area contributed by atoms with E-state index in [1.54, 1.807) is 0 Å². The molecule has 0 rings (SSSR count). The Morgan fingerprint density at radius 2 is 0.808 bits per heavy atom. The molecule has 1 atom stereocenters. The van der Waals surface area contributed by atoms with Crippen LogP contribution >= 0.6 is 7.82 Å². The standard InChI is InChI=1S/C43H83O8P/c1-3-5-7-9-11-13-15-17-19-21-23-25-27-29-31-33-35-37-42(44)49-39-41(40-50-52(46,47)48)51-43(45)38-36-34-32-30-28-26-24-22-20-18-16-14-12-10-8-6-4-2/h18,20,41H,3-17,19,21-40H2,1-2H3,(H2,46,47,48)/b20-18-/t41-/m1/s1. The summed E-state index contributed by atoms with van der Waals surface area (Å²) in [6.45, 7) is 3.71. The lowest BCUT2D eigenvalue weighted by atomic mass is 10.0. The lowest BCUT2D eigenvalue weighted by molar-refractivity contribution is -0.161. The highest BCUT2D eigenvalue weighted by molar-refractivity contribution is 7.46. The van der Waals surface area contributed by atoms with E-state index in [1.165, 1.54) is 154 Å². The van der Waals surface area contributed by atoms with Crippen molar-refractivity contribution >= 4 is 19.8 Å². The summed E-state index contributed by atoms with van der Waals surface area (Å²) in [5.41, 5.74) is 0. The molecule has 0 unspecified atom stereocenters. The fourth-order valence-electron chi connectivity index (χ4n) is 6.49. The number of allylic oxidation sites excluding steroid dienone is 2. The summed E-state index contributed by atoms with van der Waals surface area (Å²) in [4.78, 5) is 42.9. The monoisotopic (exact) mass is 759 g/mol. The van der Waals surface area contributed by atoms with Gasteiger partial charge in [-0.25, -0.2) is 4.57 Å². The van der Waals surface area contributed by atoms with Gasteiger partial charge < -0.3 is 19.3 Å². The predicted octanol–water partition coefficient (Wildman–Crippen LogP) is 13.4. The predicted molar refractivity (Wildman–Crippen MR) is 216 cm³/mol. The first-order valence-electron chi connectivity index (χ1n) is 22.0. The third-order valence-electron chi connectivity index (χ3n) is 9.78. The fourth-order valence-corrected chi connectivity index (χ4v) is 6.85. The molecule has 0 saturated carbocycles. The third kappa shape index (κ3) is 41.5. The van der Waals surface area contributed by atoms with Crippen molar-refractivity contribution in [2.75, 3.05) is 13.2 Å². The molecule has 2 N–H and O–H groups in total. The van der Waals surface area contributed by atoms with Gasteiger partial charge in [-0.05, 0) is 38.5 Å². The second kappa shape index (κ2) is 39.5. The van der Waals surface area contributed by atoms with Gasteiger partial charge in [0, 0.05) is 12.8 Å². The van der Waals surface area contributed by atoms with Crippen LogP contribution in [0.5, 0.6) is 0 Å². The Balaban J connectivity index is 3.86. The van der Waals surface area contributed by atoms with Gasteiger partial charge in [0.2, 0.25) is 0 Å². The zero-order valence-corrected chi connectivity index (χ0v) is 34.9. The van der Waals surface area contributed by atoms with Crippen LogP contribution in [0.15, 0.2) is 12.2 Å². The maximum Gasteiger partial charge on any atom is 0.469 e. The second-order valence-corrected chi connectivity index (χ2v) is 16.3. The van der Waals surface area contributed by atoms with Gasteiger partial charge in [0.25, 0.3) is 0 Å². The molecule has 9 heteroatoms. The van der Waals surface area contributed by atoms with Crippen molar-refractivity contribution in [2.45, 2.75) is 238 Å². The normalized spacial score (nSPS) is 12.5. The Hall–Kier alpha value is -1.21. The first kappa shape index (κ1) is 50.8. The number of carbonyl (C=O) groups excluding carboxylic acids is 2. The third-order valence-corrected chi connectivity index (χ3v) is 10.3. The zero-order chi connectivity index (χ0) is 38.2. The molecule has 0 bridgehead atoms. The number of hydrogen-bond donors (Lipinski definition) is 2. The first-order valence-corrected chi connectivity index (χ1v) is 23.5. The average Bonchev–Trinajstić information content (AvgIpc) is 3.11. The van der Waals surface area contributed by atoms with Crippen LogP contribution in [0, 0.1) is 0 Å². The number of hydrogen-bond acceptors (Lipinski definition) is 6. The number of phosphoric ester groups is 1. The quantitative estimate of drug-likeness (QED) is 0.0274. The number of rotatable bonds is 41. The molecule has 0 heterocycles. The van der Waals surface area contributed by atoms with E-state index in [1.807, 2.05) is 0 Å². The summed E-state index contributed by atoms with van der Waals surface area (Å²) in [7, 11) is -4.75. The molecule has 0 spiro atoms. The Morgan fingerprint density at radius 3 is 1.17 bits per heavy atom. The molecule has 0 aromatic carbocycles. The van der Waals surface area contributed by atoms with Gasteiger partial charge in [0.05, 0.1) is 6.61 Å². The molecule has 0 fully saturated rings. The lowest BCUT2D eigenvalue weighted by Crippen LogP contribution is -2.29. The van der Waals surface area contributed by atoms with E-state index in [4.69, 9.17) is 19.3 Å². The Morgan fingerprint density at radius 1 is 0.481 bits per heavy atom. The van der Waals surface area contributed by atoms with Crippen LogP contribution in [0.3, 0.4) is 0 Å². The summed E-state index contributed by atoms with van der Waals surface area (Å²) < 4.78 is 26.4. The maximum atomic E-state index is 12.4. The minimum Gasteiger partial charge on any atom is -0.462 e. The smallest absolute Gasteiger partial charge is 0.462 e. The van der Waals surface area contributed by atoms with Crippen LogP contribution in [0.4, 0.5) is 0 Å². The lowest BCUT2D eigenvalue weighted by Gasteiger charge is -2.18. The first-order chi connectivity index (χ1) is 25.3. The Kier molecular flexibility index (Phi) is 38.6. The van der Waals surface area contributed by atoms with Gasteiger partial charge in [-0.15, -0.1) is 0 Å². The number of ether oxygens (including phenoxy) is 2. The van der Waals surface area contributed by atoms with Crippen LogP contribution < -0.4 is 0 Å². The van der Waals surface area contributed by atoms with Gasteiger partial charge in [-0.1, -0.05) is 193 Å². The van der Waals surface area contributed by atoms with Gasteiger partial charge >= 0.3 is 19.8 Å². The number of carbonyl (C=O) groups is 2. The Labute approximate surface area is 320 Å². The molecule has 0 aliphatic rings. The van der Waals surface area contributed by atoms with Crippen LogP contribution in [0.2, 0.25) is 0 Å². The molecule has 0 amide bonds. The van der Waals surface area contributed by atoms with E-state index in [0.29, 0.717) is 6.42 Å². The van der Waals surface area contributed by atoms with Crippen LogP contribution in [-0.4, -0.2) is 41.0 Å². The zero-order valence-electron chi connectivity index (χ0n) is 34.0. The van der Waals surface area contributed by atoms with Gasteiger partial charge in [0.1, 0.15) is 6.61 Å². The second-order valence-electron chi connectivity index (χ2n) is 15.0. The van der Waals surface area contributed by atoms with Crippen LogP contribution in [0.1, 0.15) is 232 Å². The van der Waals surface area contributed by atoms with Crippen molar-refractivity contribution in [1.82, 2.24) is 0 Å². The maximum absolute atomic E-state index is 12.4. The van der Waals surface area contributed by atoms with Crippen molar-refractivity contribution in [3.8, 4) is 0 Å². The van der Waals surface area contributed by atoms with E-state index < -0.39 is 32.5 Å². The largest absolute Gasteiger partial charge is 0.469 e. The molecule has 308 valence electrons. The molecule has 0 aromatic rings. The number of unbranched alkanes of at least 4 members (excludes halogenated alkanes) is 29. The van der Waals surface area contributed by atoms with E-state index in [0.717, 1.165) is 44.9 Å². The van der Waals surface area contributed by atoms with E-state index in [-0.39, 0.29) is 19.4 Å². The highest BCUT2D eigenvalue weighted by Crippen LogP contribution is 2.36. The van der Waals surface area contributed by atoms with Crippen molar-refractivity contribution in [3.63, 3.8) is 0 Å². The van der Waals surface area contributed by atoms with Crippen LogP contribution in [-0.2, 0) is 28.2 Å². The van der Waals surface area contributed by atoms with Crippen LogP contribution in [0.25, 0.3) is 0 Å². The minimum absolute atomic E-state index is 0.211. The highest BCUT2D eigenvalue weighted by atomic mass is 31.2. The topological polar surface area (TPSA) is 119 Å². The molecule has 0 aromatic heterocycles. The molecular weight excluding hydrogens is 675 g/mol. The summed E-state index contributed by atoms with van der Waals surface area (Å²) in [6, 6.07) is 0. The molecule has 0 saturated heterocycles. The molecule has 0 aliphatic heterocycles. The molecule has 8 nitrogen and oxygen atoms in total. The van der Waals surface area contributed by atoms with E-state index in [2.05, 4.69) is 30.5 Å². The average molecular weight is 759 g/mol. The molecule has 0 radical (unpaired) electrons. The van der Waals surface area contributed by atoms with E-state index >= 15 is 0 Å². The van der Waals surface area contributed by atoms with Crippen molar-refractivity contribution in [2.24, 2.45) is 0 Å². The van der Waals surface area contributed by atoms with Gasteiger partial charge in [-0.2, -0.15) is 0 Å². The Bertz CT molecular complexity index is 858. The molecular formula is C43H83O8P. The van der Waals surface area contributed by atoms with Crippen molar-refractivity contribution in [3.05, 3.63) is 12.2 Å². The number of esters is 2. The van der Waals surface area contributed by atoms with Crippen molar-refractivity contribution < 1.29 is 37.9 Å². The molecule has 0 aliphatic carbocycles. The summed E-state index contributed by atoms with van der Waals surface area (Å²) in [5, 5.41) is 0. The highest BCUT2D eigenvalue weighted by Gasteiger charge is 2.22. The summed E-state index contributed by atoms with van der Waals surface area (Å²) >= 11 is 0. The fraction of sp³-hybridized carbons (Fsp3) is 0.907. The van der Waals surface area contributed by atoms with Gasteiger partial charge in [-0.3, -0.25) is 14.1 Å². The summed E-state index contributed by atoms with van der Waals surface area (Å²) in [5.74, 6) is -0.876. The minimum atomic E-state index is -4.75. The van der Waals surface area contributed by atoms with E-state index in [9.17, 15) is 14.2 Å². The van der Waals surface area contributed by atoms with Gasteiger partial charge in [0.15, 0.2) is 6.10 Å². The number of phosphoric acid groups is 1. The molecule has 52 heavy (non-hydrogen) atoms. The SMILES string of the molecule is CCCCCCCC/C=C\CCCCCCCCCC(=O)O[C@H](COC(=O)CCCCCCCCCCCCCCCCCCC)COP(=O)(O)O. The van der Waals surface area contributed by atoms with Crippen molar-refractivity contribution in [1.29, 1.82) is 0 Å². The summed E-state index contributed by atoms with van der Waals surface area (Å²) in [6.07, 6.45) is 43.6.